The van der Waals surface area contributed by atoms with Gasteiger partial charge in [-0.3, -0.25) is 9.69 Å². The van der Waals surface area contributed by atoms with Gasteiger partial charge in [0.1, 0.15) is 0 Å². The molecule has 0 atom stereocenters. The molecule has 0 aromatic heterocycles. The van der Waals surface area contributed by atoms with Crippen LogP contribution in [0.15, 0.2) is 0 Å². The van der Waals surface area contributed by atoms with Gasteiger partial charge in [-0.15, -0.1) is 0 Å². The van der Waals surface area contributed by atoms with Crippen molar-refractivity contribution in [1.29, 1.82) is 0 Å². The van der Waals surface area contributed by atoms with Crippen molar-refractivity contribution in [2.24, 2.45) is 17.3 Å². The lowest BCUT2D eigenvalue weighted by atomic mass is 9.85. The van der Waals surface area contributed by atoms with E-state index in [0.717, 1.165) is 24.9 Å². The van der Waals surface area contributed by atoms with Crippen LogP contribution in [0.3, 0.4) is 0 Å². The maximum Gasteiger partial charge on any atom is 0.152 e. The van der Waals surface area contributed by atoms with Crippen molar-refractivity contribution >= 4 is 5.78 Å². The van der Waals surface area contributed by atoms with Crippen molar-refractivity contribution in [2.45, 2.75) is 47.5 Å². The van der Waals surface area contributed by atoms with Crippen LogP contribution in [0.2, 0.25) is 0 Å². The number of ketones is 1. The van der Waals surface area contributed by atoms with Crippen LogP contribution in [0, 0.1) is 17.3 Å². The first kappa shape index (κ1) is 13.7. The zero-order chi connectivity index (χ0) is 12.3. The van der Waals surface area contributed by atoms with Crippen molar-refractivity contribution in [1.82, 2.24) is 4.90 Å². The molecule has 0 aliphatic carbocycles. The lowest BCUT2D eigenvalue weighted by Gasteiger charge is -2.34. The number of piperidine rings is 1. The standard InChI is InChI=1S/C14H27NO/c1-11(2)12-6-8-15(9-7-12)10-13(16)14(3,4)5/h11-12H,6-10H2,1-5H3. The largest absolute Gasteiger partial charge is 0.298 e. The molecule has 0 saturated carbocycles. The van der Waals surface area contributed by atoms with Crippen LogP contribution in [0.25, 0.3) is 0 Å². The minimum Gasteiger partial charge on any atom is -0.298 e. The number of hydrogen-bond acceptors (Lipinski definition) is 2. The van der Waals surface area contributed by atoms with Crippen molar-refractivity contribution in [3.8, 4) is 0 Å². The Morgan fingerprint density at radius 2 is 1.75 bits per heavy atom. The average molecular weight is 225 g/mol. The van der Waals surface area contributed by atoms with Gasteiger partial charge in [-0.25, -0.2) is 0 Å². The molecule has 1 fully saturated rings. The average Bonchev–Trinajstić information content (AvgIpc) is 2.17. The van der Waals surface area contributed by atoms with Gasteiger partial charge in [0.05, 0.1) is 6.54 Å². The number of nitrogens with zero attached hydrogens (tertiary/aromatic N) is 1. The monoisotopic (exact) mass is 225 g/mol. The van der Waals surface area contributed by atoms with Crippen molar-refractivity contribution in [2.75, 3.05) is 19.6 Å². The number of rotatable bonds is 3. The Labute approximate surface area is 100 Å². The van der Waals surface area contributed by atoms with E-state index in [2.05, 4.69) is 18.7 Å². The van der Waals surface area contributed by atoms with Crippen LogP contribution in [0.4, 0.5) is 0 Å². The SMILES string of the molecule is CC(C)C1CCN(CC(=O)C(C)(C)C)CC1. The molecule has 0 spiro atoms. The van der Waals surface area contributed by atoms with Crippen LogP contribution in [-0.2, 0) is 4.79 Å². The quantitative estimate of drug-likeness (QED) is 0.736. The molecule has 2 heteroatoms. The summed E-state index contributed by atoms with van der Waals surface area (Å²) in [6.07, 6.45) is 2.52. The van der Waals surface area contributed by atoms with Crippen LogP contribution >= 0.6 is 0 Å². The highest BCUT2D eigenvalue weighted by Crippen LogP contribution is 2.25. The third kappa shape index (κ3) is 3.89. The molecule has 1 aliphatic rings. The molecule has 94 valence electrons. The topological polar surface area (TPSA) is 20.3 Å². The van der Waals surface area contributed by atoms with E-state index in [-0.39, 0.29) is 5.41 Å². The van der Waals surface area contributed by atoms with E-state index >= 15 is 0 Å². The lowest BCUT2D eigenvalue weighted by Crippen LogP contribution is -2.41. The van der Waals surface area contributed by atoms with E-state index in [4.69, 9.17) is 0 Å². The maximum atomic E-state index is 11.9. The van der Waals surface area contributed by atoms with Gasteiger partial charge in [0.25, 0.3) is 0 Å². The zero-order valence-electron chi connectivity index (χ0n) is 11.5. The first-order chi connectivity index (χ1) is 7.30. The Morgan fingerprint density at radius 1 is 1.25 bits per heavy atom. The zero-order valence-corrected chi connectivity index (χ0v) is 11.5. The fourth-order valence-electron chi connectivity index (χ4n) is 2.22. The third-order valence-electron chi connectivity index (χ3n) is 3.78. The molecule has 0 bridgehead atoms. The second kappa shape index (κ2) is 5.31. The van der Waals surface area contributed by atoms with Crippen LogP contribution in [0.1, 0.15) is 47.5 Å². The molecule has 16 heavy (non-hydrogen) atoms. The molecular weight excluding hydrogens is 198 g/mol. The summed E-state index contributed by atoms with van der Waals surface area (Å²) in [5, 5.41) is 0. The minimum atomic E-state index is -0.186. The first-order valence-corrected chi connectivity index (χ1v) is 6.56. The Kier molecular flexibility index (Phi) is 4.54. The van der Waals surface area contributed by atoms with E-state index in [1.165, 1.54) is 12.8 Å². The van der Waals surface area contributed by atoms with Crippen LogP contribution in [-0.4, -0.2) is 30.3 Å². The van der Waals surface area contributed by atoms with Gasteiger partial charge < -0.3 is 0 Å². The Morgan fingerprint density at radius 3 is 2.12 bits per heavy atom. The van der Waals surface area contributed by atoms with Gasteiger partial charge in [0.2, 0.25) is 0 Å². The summed E-state index contributed by atoms with van der Waals surface area (Å²) < 4.78 is 0. The molecule has 1 heterocycles. The van der Waals surface area contributed by atoms with E-state index in [1.54, 1.807) is 0 Å². The predicted octanol–water partition coefficient (Wildman–Crippen LogP) is 2.97. The van der Waals surface area contributed by atoms with Crippen LogP contribution < -0.4 is 0 Å². The summed E-state index contributed by atoms with van der Waals surface area (Å²) in [6.45, 7) is 13.5. The minimum absolute atomic E-state index is 0.186. The molecule has 0 aromatic carbocycles. The highest BCUT2D eigenvalue weighted by atomic mass is 16.1. The summed E-state index contributed by atoms with van der Waals surface area (Å²) in [5.74, 6) is 2.02. The molecular formula is C14H27NO. The molecule has 0 aromatic rings. The predicted molar refractivity (Wildman–Crippen MR) is 68.5 cm³/mol. The Bertz CT molecular complexity index is 232. The molecule has 2 nitrogen and oxygen atoms in total. The molecule has 1 aliphatic heterocycles. The lowest BCUT2D eigenvalue weighted by molar-refractivity contribution is -0.127. The van der Waals surface area contributed by atoms with Gasteiger partial charge in [-0.05, 0) is 37.8 Å². The summed E-state index contributed by atoms with van der Waals surface area (Å²) in [6, 6.07) is 0. The molecule has 0 N–H and O–H groups in total. The van der Waals surface area contributed by atoms with Crippen molar-refractivity contribution < 1.29 is 4.79 Å². The van der Waals surface area contributed by atoms with Gasteiger partial charge in [-0.1, -0.05) is 34.6 Å². The highest BCUT2D eigenvalue weighted by molar-refractivity contribution is 5.85. The normalized spacial score (nSPS) is 20.4. The number of carbonyl (C=O) groups is 1. The molecule has 0 amide bonds. The number of Topliss-reactive ketones (excluding diaryl/α,β-unsaturated/α-hetero) is 1. The maximum absolute atomic E-state index is 11.9. The summed E-state index contributed by atoms with van der Waals surface area (Å²) in [7, 11) is 0. The number of hydrogen-bond donors (Lipinski definition) is 0. The fraction of sp³-hybridized carbons (Fsp3) is 0.929. The smallest absolute Gasteiger partial charge is 0.152 e. The summed E-state index contributed by atoms with van der Waals surface area (Å²) in [5.41, 5.74) is -0.186. The summed E-state index contributed by atoms with van der Waals surface area (Å²) in [4.78, 5) is 14.2. The van der Waals surface area contributed by atoms with Crippen LogP contribution in [0.5, 0.6) is 0 Å². The van der Waals surface area contributed by atoms with Gasteiger partial charge >= 0.3 is 0 Å². The molecule has 1 rings (SSSR count). The van der Waals surface area contributed by atoms with E-state index in [0.29, 0.717) is 12.3 Å². The molecule has 0 radical (unpaired) electrons. The van der Waals surface area contributed by atoms with Crippen molar-refractivity contribution in [3.63, 3.8) is 0 Å². The molecule has 1 saturated heterocycles. The van der Waals surface area contributed by atoms with Gasteiger partial charge in [0.15, 0.2) is 5.78 Å². The fourth-order valence-corrected chi connectivity index (χ4v) is 2.22. The first-order valence-electron chi connectivity index (χ1n) is 6.56. The summed E-state index contributed by atoms with van der Waals surface area (Å²) >= 11 is 0. The number of likely N-dealkylation sites (tertiary alicyclic amines) is 1. The van der Waals surface area contributed by atoms with E-state index in [9.17, 15) is 4.79 Å². The Balaban J connectivity index is 2.35. The highest BCUT2D eigenvalue weighted by Gasteiger charge is 2.26. The number of carbonyl (C=O) groups excluding carboxylic acids is 1. The third-order valence-corrected chi connectivity index (χ3v) is 3.78. The van der Waals surface area contributed by atoms with E-state index in [1.807, 2.05) is 20.8 Å². The second-order valence-corrected chi connectivity index (χ2v) is 6.53. The van der Waals surface area contributed by atoms with Gasteiger partial charge in [0, 0.05) is 5.41 Å². The second-order valence-electron chi connectivity index (χ2n) is 6.53. The van der Waals surface area contributed by atoms with Gasteiger partial charge in [-0.2, -0.15) is 0 Å². The van der Waals surface area contributed by atoms with Crippen molar-refractivity contribution in [3.05, 3.63) is 0 Å². The molecule has 0 unspecified atom stereocenters. The Hall–Kier alpha value is -0.370. The van der Waals surface area contributed by atoms with E-state index < -0.39 is 0 Å².